The minimum atomic E-state index is -0.742. The lowest BCUT2D eigenvalue weighted by Gasteiger charge is -2.30. The summed E-state index contributed by atoms with van der Waals surface area (Å²) >= 11 is 0. The molecule has 0 radical (unpaired) electrons. The number of rotatable bonds is 12. The zero-order valence-corrected chi connectivity index (χ0v) is 16.5. The van der Waals surface area contributed by atoms with Crippen molar-refractivity contribution >= 4 is 0 Å². The van der Waals surface area contributed by atoms with Gasteiger partial charge in [0.25, 0.3) is 0 Å². The van der Waals surface area contributed by atoms with Crippen molar-refractivity contribution < 1.29 is 9.84 Å². The van der Waals surface area contributed by atoms with E-state index in [0.29, 0.717) is 6.61 Å². The highest BCUT2D eigenvalue weighted by Gasteiger charge is 2.24. The molecule has 2 heteroatoms. The monoisotopic (exact) mass is 314 g/mol. The van der Waals surface area contributed by atoms with Crippen molar-refractivity contribution in [3.05, 3.63) is 0 Å². The molecule has 2 atom stereocenters. The summed E-state index contributed by atoms with van der Waals surface area (Å²) in [6, 6.07) is 0. The van der Waals surface area contributed by atoms with Crippen molar-refractivity contribution in [1.82, 2.24) is 0 Å². The fourth-order valence-electron chi connectivity index (χ4n) is 2.84. The molecule has 2 unspecified atom stereocenters. The molecular weight excluding hydrogens is 272 g/mol. The van der Waals surface area contributed by atoms with Gasteiger partial charge in [-0.1, -0.05) is 47.0 Å². The first kappa shape index (κ1) is 21.9. The molecule has 0 rings (SSSR count). The van der Waals surface area contributed by atoms with E-state index < -0.39 is 5.60 Å². The fraction of sp³-hybridized carbons (Fsp3) is 1.00. The maximum absolute atomic E-state index is 9.77. The van der Waals surface area contributed by atoms with Crippen molar-refractivity contribution in [2.24, 2.45) is 17.8 Å². The van der Waals surface area contributed by atoms with Gasteiger partial charge in [-0.15, -0.1) is 0 Å². The van der Waals surface area contributed by atoms with Crippen LogP contribution in [0.15, 0.2) is 0 Å². The van der Waals surface area contributed by atoms with Gasteiger partial charge in [0.05, 0.1) is 17.8 Å². The molecule has 0 amide bonds. The van der Waals surface area contributed by atoms with Crippen LogP contribution in [0.3, 0.4) is 0 Å². The van der Waals surface area contributed by atoms with Crippen LogP contribution in [0.4, 0.5) is 0 Å². The summed E-state index contributed by atoms with van der Waals surface area (Å²) in [5.74, 6) is 2.41. The molecule has 0 aromatic rings. The van der Waals surface area contributed by atoms with E-state index >= 15 is 0 Å². The molecule has 0 bridgehead atoms. The molecular formula is C20H42O2. The minimum Gasteiger partial charge on any atom is -0.388 e. The summed E-state index contributed by atoms with van der Waals surface area (Å²) in [4.78, 5) is 0. The van der Waals surface area contributed by atoms with E-state index in [1.807, 2.05) is 0 Å². The molecule has 22 heavy (non-hydrogen) atoms. The lowest BCUT2D eigenvalue weighted by Crippen LogP contribution is -2.34. The number of hydrogen-bond donors (Lipinski definition) is 1. The van der Waals surface area contributed by atoms with E-state index in [4.69, 9.17) is 4.74 Å². The summed E-state index contributed by atoms with van der Waals surface area (Å²) < 4.78 is 5.89. The van der Waals surface area contributed by atoms with E-state index in [9.17, 15) is 5.11 Å². The van der Waals surface area contributed by atoms with Gasteiger partial charge in [-0.3, -0.25) is 0 Å². The average Bonchev–Trinajstić information content (AvgIpc) is 2.33. The Balaban J connectivity index is 3.93. The number of aliphatic hydroxyl groups is 1. The number of hydrogen-bond acceptors (Lipinski definition) is 2. The largest absolute Gasteiger partial charge is 0.388 e. The smallest absolute Gasteiger partial charge is 0.0824 e. The van der Waals surface area contributed by atoms with Crippen LogP contribution >= 0.6 is 0 Å². The molecule has 0 aliphatic rings. The molecule has 0 aliphatic carbocycles. The van der Waals surface area contributed by atoms with Crippen molar-refractivity contribution in [3.63, 3.8) is 0 Å². The molecule has 0 heterocycles. The van der Waals surface area contributed by atoms with Gasteiger partial charge in [0.15, 0.2) is 0 Å². The molecule has 0 fully saturated rings. The minimum absolute atomic E-state index is 0.144. The Labute approximate surface area is 140 Å². The third kappa shape index (κ3) is 13.6. The Morgan fingerprint density at radius 3 is 1.91 bits per heavy atom. The van der Waals surface area contributed by atoms with E-state index in [-0.39, 0.29) is 5.60 Å². The van der Waals surface area contributed by atoms with Crippen LogP contribution in [0.1, 0.15) is 93.9 Å². The van der Waals surface area contributed by atoms with E-state index in [0.717, 1.165) is 24.2 Å². The van der Waals surface area contributed by atoms with Crippen molar-refractivity contribution in [2.75, 3.05) is 6.61 Å². The molecule has 0 aromatic heterocycles. The van der Waals surface area contributed by atoms with Gasteiger partial charge >= 0.3 is 0 Å². The first-order valence-corrected chi connectivity index (χ1v) is 9.27. The second-order valence-electron chi connectivity index (χ2n) is 9.17. The maximum atomic E-state index is 9.77. The SMILES string of the molecule is CC(C)CCCC(C)CC(C)CCC(C)(C)OCC(C)(C)O. The molecule has 0 aliphatic heterocycles. The molecule has 2 nitrogen and oxygen atoms in total. The predicted octanol–water partition coefficient (Wildman–Crippen LogP) is 5.82. The third-order valence-electron chi connectivity index (χ3n) is 4.34. The normalized spacial score (nSPS) is 16.1. The van der Waals surface area contributed by atoms with Crippen molar-refractivity contribution in [3.8, 4) is 0 Å². The molecule has 0 spiro atoms. The van der Waals surface area contributed by atoms with Crippen LogP contribution in [0.2, 0.25) is 0 Å². The highest BCUT2D eigenvalue weighted by Crippen LogP contribution is 2.26. The Bertz CT molecular complexity index is 276. The van der Waals surface area contributed by atoms with Crippen molar-refractivity contribution in [2.45, 2.75) is 105 Å². The zero-order valence-electron chi connectivity index (χ0n) is 16.5. The quantitative estimate of drug-likeness (QED) is 0.491. The fourth-order valence-corrected chi connectivity index (χ4v) is 2.84. The zero-order chi connectivity index (χ0) is 17.4. The lowest BCUT2D eigenvalue weighted by molar-refractivity contribution is -0.0957. The Kier molecular flexibility index (Phi) is 9.89. The van der Waals surface area contributed by atoms with Crippen LogP contribution in [-0.4, -0.2) is 22.9 Å². The van der Waals surface area contributed by atoms with Crippen LogP contribution < -0.4 is 0 Å². The first-order valence-electron chi connectivity index (χ1n) is 9.27. The van der Waals surface area contributed by atoms with E-state index in [2.05, 4.69) is 41.5 Å². The standard InChI is InChI=1S/C20H42O2/c1-16(2)10-9-11-17(3)14-18(4)12-13-20(7,8)22-15-19(5,6)21/h16-18,21H,9-15H2,1-8H3. The average molecular weight is 315 g/mol. The summed E-state index contributed by atoms with van der Waals surface area (Å²) in [6.45, 7) is 17.6. The Morgan fingerprint density at radius 2 is 1.41 bits per heavy atom. The summed E-state index contributed by atoms with van der Waals surface area (Å²) in [6.07, 6.45) is 7.67. The predicted molar refractivity (Wildman–Crippen MR) is 97.2 cm³/mol. The summed E-state index contributed by atoms with van der Waals surface area (Å²) in [5.41, 5.74) is -0.886. The Hall–Kier alpha value is -0.0800. The summed E-state index contributed by atoms with van der Waals surface area (Å²) in [5, 5.41) is 9.77. The van der Waals surface area contributed by atoms with Gasteiger partial charge in [-0.2, -0.15) is 0 Å². The summed E-state index contributed by atoms with van der Waals surface area (Å²) in [7, 11) is 0. The van der Waals surface area contributed by atoms with Gasteiger partial charge in [0.2, 0.25) is 0 Å². The van der Waals surface area contributed by atoms with Crippen LogP contribution in [-0.2, 0) is 4.74 Å². The second-order valence-corrected chi connectivity index (χ2v) is 9.17. The molecule has 0 aromatic carbocycles. The molecule has 134 valence electrons. The van der Waals surface area contributed by atoms with Crippen molar-refractivity contribution in [1.29, 1.82) is 0 Å². The van der Waals surface area contributed by atoms with Gasteiger partial charge in [-0.25, -0.2) is 0 Å². The van der Waals surface area contributed by atoms with Gasteiger partial charge in [0.1, 0.15) is 0 Å². The molecule has 1 N–H and O–H groups in total. The molecule has 0 saturated carbocycles. The van der Waals surface area contributed by atoms with Crippen LogP contribution in [0.25, 0.3) is 0 Å². The second kappa shape index (κ2) is 9.93. The van der Waals surface area contributed by atoms with Gasteiger partial charge in [-0.05, 0) is 64.7 Å². The van der Waals surface area contributed by atoms with Gasteiger partial charge < -0.3 is 9.84 Å². The van der Waals surface area contributed by atoms with Crippen LogP contribution in [0.5, 0.6) is 0 Å². The highest BCUT2D eigenvalue weighted by atomic mass is 16.5. The van der Waals surface area contributed by atoms with E-state index in [1.165, 1.54) is 32.1 Å². The highest BCUT2D eigenvalue weighted by molar-refractivity contribution is 4.74. The topological polar surface area (TPSA) is 29.5 Å². The Morgan fingerprint density at radius 1 is 0.864 bits per heavy atom. The van der Waals surface area contributed by atoms with Crippen LogP contribution in [0, 0.1) is 17.8 Å². The number of ether oxygens (including phenoxy) is 1. The lowest BCUT2D eigenvalue weighted by atomic mass is 9.87. The van der Waals surface area contributed by atoms with E-state index in [1.54, 1.807) is 13.8 Å². The molecule has 0 saturated heterocycles. The first-order chi connectivity index (χ1) is 9.91. The maximum Gasteiger partial charge on any atom is 0.0824 e. The van der Waals surface area contributed by atoms with Gasteiger partial charge in [0, 0.05) is 0 Å². The third-order valence-corrected chi connectivity index (χ3v) is 4.34.